The highest BCUT2D eigenvalue weighted by atomic mass is 19.4. The summed E-state index contributed by atoms with van der Waals surface area (Å²) in [7, 11) is 0. The highest BCUT2D eigenvalue weighted by Crippen LogP contribution is 2.29. The van der Waals surface area contributed by atoms with Crippen LogP contribution in [0.2, 0.25) is 0 Å². The number of carboxylic acids is 1. The van der Waals surface area contributed by atoms with E-state index in [4.69, 9.17) is 5.11 Å². The standard InChI is InChI=1S/C13H13F3N2O3/c14-13(15,16)8-3-4-10(17-7-8)12(21)18-5-1-2-9(18)6-11(19)20/h3-4,7,9H,1-2,5-6H2,(H,19,20). The van der Waals surface area contributed by atoms with Gasteiger partial charge in [0, 0.05) is 18.8 Å². The first-order valence-electron chi connectivity index (χ1n) is 6.35. The number of hydrogen-bond donors (Lipinski definition) is 1. The predicted molar refractivity (Wildman–Crippen MR) is 65.6 cm³/mol. The molecule has 2 heterocycles. The van der Waals surface area contributed by atoms with E-state index in [-0.39, 0.29) is 12.1 Å². The Hall–Kier alpha value is -2.12. The number of amides is 1. The molecule has 0 spiro atoms. The van der Waals surface area contributed by atoms with Gasteiger partial charge in [0.05, 0.1) is 12.0 Å². The molecule has 8 heteroatoms. The summed E-state index contributed by atoms with van der Waals surface area (Å²) in [6.45, 7) is 0.388. The van der Waals surface area contributed by atoms with Gasteiger partial charge in [-0.1, -0.05) is 0 Å². The minimum Gasteiger partial charge on any atom is -0.481 e. The molecule has 1 saturated heterocycles. The van der Waals surface area contributed by atoms with E-state index in [2.05, 4.69) is 4.98 Å². The Morgan fingerprint density at radius 2 is 2.10 bits per heavy atom. The summed E-state index contributed by atoms with van der Waals surface area (Å²) in [5.74, 6) is -1.55. The molecule has 2 rings (SSSR count). The minimum atomic E-state index is -4.51. The van der Waals surface area contributed by atoms with Gasteiger partial charge in [0.15, 0.2) is 0 Å². The van der Waals surface area contributed by atoms with Gasteiger partial charge in [0.25, 0.3) is 5.91 Å². The number of rotatable bonds is 3. The number of aromatic nitrogens is 1. The lowest BCUT2D eigenvalue weighted by Gasteiger charge is -2.23. The maximum atomic E-state index is 12.4. The van der Waals surface area contributed by atoms with E-state index < -0.39 is 29.7 Å². The molecule has 1 fully saturated rings. The molecular weight excluding hydrogens is 289 g/mol. The van der Waals surface area contributed by atoms with Gasteiger partial charge < -0.3 is 10.0 Å². The van der Waals surface area contributed by atoms with Crippen molar-refractivity contribution in [3.8, 4) is 0 Å². The lowest BCUT2D eigenvalue weighted by Crippen LogP contribution is -2.37. The predicted octanol–water partition coefficient (Wildman–Crippen LogP) is 2.18. The normalized spacial score (nSPS) is 18.8. The molecule has 0 aliphatic carbocycles. The topological polar surface area (TPSA) is 70.5 Å². The van der Waals surface area contributed by atoms with E-state index in [1.165, 1.54) is 4.90 Å². The fraction of sp³-hybridized carbons (Fsp3) is 0.462. The van der Waals surface area contributed by atoms with Crippen molar-refractivity contribution in [1.29, 1.82) is 0 Å². The van der Waals surface area contributed by atoms with Crippen molar-refractivity contribution >= 4 is 11.9 Å². The third-order valence-electron chi connectivity index (χ3n) is 3.36. The van der Waals surface area contributed by atoms with Crippen LogP contribution in [-0.4, -0.2) is 39.5 Å². The number of carboxylic acid groups (broad SMARTS) is 1. The first kappa shape index (κ1) is 15.3. The molecule has 1 amide bonds. The van der Waals surface area contributed by atoms with Gasteiger partial charge in [-0.05, 0) is 25.0 Å². The number of halogens is 3. The number of pyridine rings is 1. The summed E-state index contributed by atoms with van der Waals surface area (Å²) in [5, 5.41) is 8.79. The summed E-state index contributed by atoms with van der Waals surface area (Å²) in [6, 6.07) is 1.38. The van der Waals surface area contributed by atoms with Crippen LogP contribution in [0.25, 0.3) is 0 Å². The molecule has 1 aliphatic rings. The van der Waals surface area contributed by atoms with Gasteiger partial charge in [-0.25, -0.2) is 0 Å². The molecule has 114 valence electrons. The highest BCUT2D eigenvalue weighted by Gasteiger charge is 2.33. The zero-order valence-electron chi connectivity index (χ0n) is 10.9. The smallest absolute Gasteiger partial charge is 0.417 e. The molecular formula is C13H13F3N2O3. The van der Waals surface area contributed by atoms with E-state index >= 15 is 0 Å². The van der Waals surface area contributed by atoms with Gasteiger partial charge >= 0.3 is 12.1 Å². The molecule has 1 aromatic heterocycles. The zero-order valence-corrected chi connectivity index (χ0v) is 10.9. The van der Waals surface area contributed by atoms with Crippen molar-refractivity contribution in [2.75, 3.05) is 6.54 Å². The highest BCUT2D eigenvalue weighted by molar-refractivity contribution is 5.93. The molecule has 21 heavy (non-hydrogen) atoms. The monoisotopic (exact) mass is 302 g/mol. The van der Waals surface area contributed by atoms with Crippen molar-refractivity contribution in [3.05, 3.63) is 29.6 Å². The third-order valence-corrected chi connectivity index (χ3v) is 3.36. The van der Waals surface area contributed by atoms with Gasteiger partial charge in [-0.2, -0.15) is 13.2 Å². The lowest BCUT2D eigenvalue weighted by atomic mass is 10.1. The second-order valence-electron chi connectivity index (χ2n) is 4.82. The number of carbonyl (C=O) groups is 2. The number of carbonyl (C=O) groups excluding carboxylic acids is 1. The number of alkyl halides is 3. The molecule has 1 N–H and O–H groups in total. The first-order chi connectivity index (χ1) is 9.79. The average Bonchev–Trinajstić information content (AvgIpc) is 2.84. The Kier molecular flexibility index (Phi) is 4.15. The Morgan fingerprint density at radius 1 is 1.38 bits per heavy atom. The number of aliphatic carboxylic acids is 1. The van der Waals surface area contributed by atoms with Gasteiger partial charge in [-0.3, -0.25) is 14.6 Å². The van der Waals surface area contributed by atoms with E-state index in [0.717, 1.165) is 12.1 Å². The molecule has 1 aliphatic heterocycles. The van der Waals surface area contributed by atoms with E-state index in [1.54, 1.807) is 0 Å². The summed E-state index contributed by atoms with van der Waals surface area (Å²) < 4.78 is 37.3. The van der Waals surface area contributed by atoms with E-state index in [0.29, 0.717) is 25.6 Å². The summed E-state index contributed by atoms with van der Waals surface area (Å²) >= 11 is 0. The third kappa shape index (κ3) is 3.50. The second-order valence-corrected chi connectivity index (χ2v) is 4.82. The first-order valence-corrected chi connectivity index (χ1v) is 6.35. The van der Waals surface area contributed by atoms with E-state index in [9.17, 15) is 22.8 Å². The largest absolute Gasteiger partial charge is 0.481 e. The molecule has 1 unspecified atom stereocenters. The van der Waals surface area contributed by atoms with Crippen molar-refractivity contribution in [2.45, 2.75) is 31.5 Å². The van der Waals surface area contributed by atoms with Crippen LogP contribution >= 0.6 is 0 Å². The zero-order chi connectivity index (χ0) is 15.6. The molecule has 5 nitrogen and oxygen atoms in total. The quantitative estimate of drug-likeness (QED) is 0.929. The molecule has 1 aromatic rings. The number of nitrogens with zero attached hydrogens (tertiary/aromatic N) is 2. The fourth-order valence-electron chi connectivity index (χ4n) is 2.35. The summed E-state index contributed by atoms with van der Waals surface area (Å²) in [5.41, 5.74) is -1.04. The van der Waals surface area contributed by atoms with Crippen LogP contribution in [0, 0.1) is 0 Å². The number of hydrogen-bond acceptors (Lipinski definition) is 3. The van der Waals surface area contributed by atoms with Crippen LogP contribution in [-0.2, 0) is 11.0 Å². The average molecular weight is 302 g/mol. The fourth-order valence-corrected chi connectivity index (χ4v) is 2.35. The molecule has 0 saturated carbocycles. The van der Waals surface area contributed by atoms with Crippen LogP contribution in [0.4, 0.5) is 13.2 Å². The molecule has 0 bridgehead atoms. The molecule has 0 radical (unpaired) electrons. The molecule has 0 aromatic carbocycles. The van der Waals surface area contributed by atoms with Crippen molar-refractivity contribution < 1.29 is 27.9 Å². The Bertz CT molecular complexity index is 543. The maximum Gasteiger partial charge on any atom is 0.417 e. The lowest BCUT2D eigenvalue weighted by molar-refractivity contribution is -0.138. The van der Waals surface area contributed by atoms with E-state index in [1.807, 2.05) is 0 Å². The SMILES string of the molecule is O=C(O)CC1CCCN1C(=O)c1ccc(C(F)(F)F)cn1. The van der Waals surface area contributed by atoms with Crippen molar-refractivity contribution in [2.24, 2.45) is 0 Å². The molecule has 1 atom stereocenters. The van der Waals surface area contributed by atoms with Crippen LogP contribution < -0.4 is 0 Å². The van der Waals surface area contributed by atoms with Crippen LogP contribution in [0.1, 0.15) is 35.3 Å². The summed E-state index contributed by atoms with van der Waals surface area (Å²) in [6.07, 6.45) is -2.83. The summed E-state index contributed by atoms with van der Waals surface area (Å²) in [4.78, 5) is 27.8. The van der Waals surface area contributed by atoms with Gasteiger partial charge in [-0.15, -0.1) is 0 Å². The Labute approximate surface area is 118 Å². The second kappa shape index (κ2) is 5.71. The van der Waals surface area contributed by atoms with Gasteiger partial charge in [0.1, 0.15) is 5.69 Å². The van der Waals surface area contributed by atoms with Crippen molar-refractivity contribution in [3.63, 3.8) is 0 Å². The number of likely N-dealkylation sites (tertiary alicyclic amines) is 1. The Balaban J connectivity index is 2.14. The van der Waals surface area contributed by atoms with Crippen LogP contribution in [0.15, 0.2) is 18.3 Å². The van der Waals surface area contributed by atoms with Crippen molar-refractivity contribution in [1.82, 2.24) is 9.88 Å². The minimum absolute atomic E-state index is 0.111. The maximum absolute atomic E-state index is 12.4. The van der Waals surface area contributed by atoms with Crippen LogP contribution in [0.5, 0.6) is 0 Å². The van der Waals surface area contributed by atoms with Crippen LogP contribution in [0.3, 0.4) is 0 Å². The van der Waals surface area contributed by atoms with Gasteiger partial charge in [0.2, 0.25) is 0 Å². The Morgan fingerprint density at radius 3 is 2.62 bits per heavy atom.